The average molecular weight is 264 g/mol. The lowest BCUT2D eigenvalue weighted by atomic mass is 10.1. The third kappa shape index (κ3) is 2.15. The molecule has 0 unspecified atom stereocenters. The molecule has 92 valence electrons. The molecule has 2 aromatic rings. The number of halogens is 1. The Morgan fingerprint density at radius 2 is 2.39 bits per heavy atom. The van der Waals surface area contributed by atoms with Crippen LogP contribution in [0.25, 0.3) is 11.0 Å². The summed E-state index contributed by atoms with van der Waals surface area (Å²) >= 11 is 5.79. The van der Waals surface area contributed by atoms with Crippen molar-refractivity contribution in [3.8, 4) is 6.07 Å². The number of aromatic amines is 1. The van der Waals surface area contributed by atoms with Crippen molar-refractivity contribution in [3.05, 3.63) is 28.5 Å². The van der Waals surface area contributed by atoms with Crippen LogP contribution in [0.4, 0.5) is 0 Å². The summed E-state index contributed by atoms with van der Waals surface area (Å²) in [5, 5.41) is 9.86. The highest BCUT2D eigenvalue weighted by Crippen LogP contribution is 2.23. The molecule has 2 aromatic heterocycles. The molecule has 0 aliphatic rings. The van der Waals surface area contributed by atoms with Crippen LogP contribution in [0.3, 0.4) is 0 Å². The van der Waals surface area contributed by atoms with E-state index >= 15 is 0 Å². The minimum Gasteiger partial charge on any atom is -0.461 e. The number of nitriles is 1. The fourth-order valence-electron chi connectivity index (χ4n) is 1.74. The maximum Gasteiger partial charge on any atom is 0.355 e. The first kappa shape index (κ1) is 12.4. The molecule has 18 heavy (non-hydrogen) atoms. The van der Waals surface area contributed by atoms with Gasteiger partial charge >= 0.3 is 5.97 Å². The number of nitrogens with one attached hydrogen (secondary N) is 1. The molecule has 0 atom stereocenters. The highest BCUT2D eigenvalue weighted by molar-refractivity contribution is 6.29. The Kier molecular flexibility index (Phi) is 3.49. The van der Waals surface area contributed by atoms with Gasteiger partial charge in [0.2, 0.25) is 0 Å². The van der Waals surface area contributed by atoms with Crippen LogP contribution in [0, 0.1) is 11.3 Å². The fourth-order valence-corrected chi connectivity index (χ4v) is 1.89. The Morgan fingerprint density at radius 3 is 3.06 bits per heavy atom. The number of H-pyrrole nitrogens is 1. The van der Waals surface area contributed by atoms with E-state index in [0.717, 1.165) is 0 Å². The first-order valence-electron chi connectivity index (χ1n) is 5.38. The summed E-state index contributed by atoms with van der Waals surface area (Å²) in [6.07, 6.45) is 0.109. The van der Waals surface area contributed by atoms with Crippen LogP contribution < -0.4 is 0 Å². The summed E-state index contributed by atoms with van der Waals surface area (Å²) in [6, 6.07) is 5.38. The molecule has 5 nitrogen and oxygen atoms in total. The highest BCUT2D eigenvalue weighted by atomic mass is 35.5. The second kappa shape index (κ2) is 5.07. The number of carbonyl (C=O) groups is 1. The summed E-state index contributed by atoms with van der Waals surface area (Å²) in [6.45, 7) is 1.99. The maximum absolute atomic E-state index is 11.8. The van der Waals surface area contributed by atoms with Gasteiger partial charge in [0.25, 0.3) is 0 Å². The van der Waals surface area contributed by atoms with Crippen molar-refractivity contribution in [1.82, 2.24) is 9.97 Å². The Morgan fingerprint density at radius 1 is 1.61 bits per heavy atom. The van der Waals surface area contributed by atoms with Crippen molar-refractivity contribution < 1.29 is 9.53 Å². The molecular weight excluding hydrogens is 254 g/mol. The molecule has 0 aliphatic heterocycles. The Labute approximate surface area is 108 Å². The first-order chi connectivity index (χ1) is 8.67. The second-order valence-electron chi connectivity index (χ2n) is 3.56. The van der Waals surface area contributed by atoms with E-state index in [4.69, 9.17) is 21.6 Å². The van der Waals surface area contributed by atoms with Crippen LogP contribution in [-0.4, -0.2) is 22.5 Å². The number of aromatic nitrogens is 2. The number of ether oxygens (including phenoxy) is 1. The highest BCUT2D eigenvalue weighted by Gasteiger charge is 2.19. The number of hydrogen-bond donors (Lipinski definition) is 1. The predicted octanol–water partition coefficient (Wildman–Crippen LogP) is 2.46. The van der Waals surface area contributed by atoms with Crippen molar-refractivity contribution in [1.29, 1.82) is 5.26 Å². The fraction of sp³-hybridized carbons (Fsp3) is 0.250. The topological polar surface area (TPSA) is 78.8 Å². The molecule has 2 heterocycles. The van der Waals surface area contributed by atoms with Gasteiger partial charge in [-0.3, -0.25) is 0 Å². The van der Waals surface area contributed by atoms with E-state index in [9.17, 15) is 4.79 Å². The number of esters is 1. The van der Waals surface area contributed by atoms with Gasteiger partial charge < -0.3 is 9.72 Å². The SMILES string of the molecule is CCOC(=O)c1[nH]c2nc(Cl)ccc2c1CC#N. The number of pyridine rings is 1. The number of nitrogens with zero attached hydrogens (tertiary/aromatic N) is 2. The van der Waals surface area contributed by atoms with E-state index in [1.54, 1.807) is 19.1 Å². The van der Waals surface area contributed by atoms with Gasteiger partial charge in [-0.05, 0) is 19.1 Å². The van der Waals surface area contributed by atoms with Gasteiger partial charge in [0.1, 0.15) is 16.5 Å². The molecule has 0 fully saturated rings. The smallest absolute Gasteiger partial charge is 0.355 e. The molecule has 0 amide bonds. The second-order valence-corrected chi connectivity index (χ2v) is 3.95. The van der Waals surface area contributed by atoms with E-state index < -0.39 is 5.97 Å². The maximum atomic E-state index is 11.8. The van der Waals surface area contributed by atoms with Gasteiger partial charge in [-0.15, -0.1) is 0 Å². The largest absolute Gasteiger partial charge is 0.461 e. The molecule has 0 bridgehead atoms. The summed E-state index contributed by atoms with van der Waals surface area (Å²) in [5.74, 6) is -0.489. The Hall–Kier alpha value is -2.06. The third-order valence-electron chi connectivity index (χ3n) is 2.47. The standard InChI is InChI=1S/C12H10ClN3O2/c1-2-18-12(17)10-7(5-6-14)8-3-4-9(13)15-11(8)16-10/h3-4H,2,5H2,1H3,(H,15,16). The minimum absolute atomic E-state index is 0.109. The zero-order chi connectivity index (χ0) is 13.1. The lowest BCUT2D eigenvalue weighted by molar-refractivity contribution is 0.0519. The lowest BCUT2D eigenvalue weighted by Crippen LogP contribution is -2.07. The van der Waals surface area contributed by atoms with Crippen molar-refractivity contribution in [3.63, 3.8) is 0 Å². The van der Waals surface area contributed by atoms with E-state index in [0.29, 0.717) is 21.7 Å². The quantitative estimate of drug-likeness (QED) is 0.681. The molecule has 0 aliphatic carbocycles. The summed E-state index contributed by atoms with van der Waals surface area (Å²) in [4.78, 5) is 18.7. The molecule has 0 aromatic carbocycles. The molecule has 0 spiro atoms. The van der Waals surface area contributed by atoms with Crippen molar-refractivity contribution in [2.24, 2.45) is 0 Å². The summed E-state index contributed by atoms with van der Waals surface area (Å²) < 4.78 is 4.93. The number of carbonyl (C=O) groups excluding carboxylic acids is 1. The van der Waals surface area contributed by atoms with E-state index in [1.807, 2.05) is 6.07 Å². The summed E-state index contributed by atoms with van der Waals surface area (Å²) in [5.41, 5.74) is 1.34. The van der Waals surface area contributed by atoms with Crippen LogP contribution in [0.2, 0.25) is 5.15 Å². The van der Waals surface area contributed by atoms with Crippen LogP contribution in [0.15, 0.2) is 12.1 Å². The molecule has 0 radical (unpaired) electrons. The zero-order valence-corrected chi connectivity index (χ0v) is 10.4. The van der Waals surface area contributed by atoms with Crippen LogP contribution in [0.1, 0.15) is 23.0 Å². The molecule has 2 rings (SSSR count). The monoisotopic (exact) mass is 263 g/mol. The number of hydrogen-bond acceptors (Lipinski definition) is 4. The summed E-state index contributed by atoms with van der Waals surface area (Å²) in [7, 11) is 0. The van der Waals surface area contributed by atoms with E-state index in [2.05, 4.69) is 9.97 Å². The molecule has 6 heteroatoms. The van der Waals surface area contributed by atoms with Gasteiger partial charge in [0.15, 0.2) is 0 Å². The van der Waals surface area contributed by atoms with Crippen molar-refractivity contribution in [2.45, 2.75) is 13.3 Å². The van der Waals surface area contributed by atoms with Gasteiger partial charge in [-0.2, -0.15) is 5.26 Å². The van der Waals surface area contributed by atoms with Gasteiger partial charge in [0.05, 0.1) is 19.1 Å². The molecule has 0 saturated heterocycles. The number of rotatable bonds is 3. The molecule has 0 saturated carbocycles. The van der Waals surface area contributed by atoms with Crippen molar-refractivity contribution in [2.75, 3.05) is 6.61 Å². The Balaban J connectivity index is 2.61. The van der Waals surface area contributed by atoms with Crippen LogP contribution in [0.5, 0.6) is 0 Å². The average Bonchev–Trinajstić information content (AvgIpc) is 2.68. The third-order valence-corrected chi connectivity index (χ3v) is 2.68. The predicted molar refractivity (Wildman–Crippen MR) is 66.4 cm³/mol. The molecule has 1 N–H and O–H groups in total. The van der Waals surface area contributed by atoms with E-state index in [1.165, 1.54) is 0 Å². The van der Waals surface area contributed by atoms with Gasteiger partial charge in [-0.25, -0.2) is 9.78 Å². The zero-order valence-electron chi connectivity index (χ0n) is 9.66. The van der Waals surface area contributed by atoms with Gasteiger partial charge in [0, 0.05) is 10.9 Å². The van der Waals surface area contributed by atoms with Crippen LogP contribution >= 0.6 is 11.6 Å². The van der Waals surface area contributed by atoms with Crippen LogP contribution in [-0.2, 0) is 11.2 Å². The van der Waals surface area contributed by atoms with Crippen molar-refractivity contribution >= 4 is 28.6 Å². The first-order valence-corrected chi connectivity index (χ1v) is 5.76. The number of fused-ring (bicyclic) bond motifs is 1. The minimum atomic E-state index is -0.489. The lowest BCUT2D eigenvalue weighted by Gasteiger charge is -2.00. The Bertz CT molecular complexity index is 643. The van der Waals surface area contributed by atoms with Gasteiger partial charge in [-0.1, -0.05) is 11.6 Å². The normalized spacial score (nSPS) is 10.3. The van der Waals surface area contributed by atoms with E-state index in [-0.39, 0.29) is 18.7 Å². The molecular formula is C12H10ClN3O2.